The summed E-state index contributed by atoms with van der Waals surface area (Å²) in [5.41, 5.74) is 0.794. The Morgan fingerprint density at radius 2 is 1.84 bits per heavy atom. The Labute approximate surface area is 186 Å². The van der Waals surface area contributed by atoms with Gasteiger partial charge in [0.15, 0.2) is 23.5 Å². The molecular formula is C21H30N4O7. The standard InChI is InChI=1S/C21H30N4O7/c1-4-6-8-14(26)30-10-13-17(28)18(32-15(27)9-7-5-2)21(31-13)25-12-24-16-19(25)22-11-23-20(16)29-3/h11-13,17-18,21,28H,4-10H2,1-3H3. The maximum absolute atomic E-state index is 12.3. The van der Waals surface area contributed by atoms with E-state index >= 15 is 0 Å². The molecule has 1 N–H and O–H groups in total. The first-order chi connectivity index (χ1) is 15.5. The average molecular weight is 450 g/mol. The maximum atomic E-state index is 12.3. The van der Waals surface area contributed by atoms with Gasteiger partial charge in [0.05, 0.1) is 13.4 Å². The van der Waals surface area contributed by atoms with Crippen molar-refractivity contribution in [1.82, 2.24) is 19.5 Å². The van der Waals surface area contributed by atoms with Crippen molar-refractivity contribution in [1.29, 1.82) is 0 Å². The molecule has 0 aromatic carbocycles. The number of ether oxygens (including phenoxy) is 4. The van der Waals surface area contributed by atoms with Crippen molar-refractivity contribution in [2.75, 3.05) is 13.7 Å². The summed E-state index contributed by atoms with van der Waals surface area (Å²) in [5, 5.41) is 10.9. The summed E-state index contributed by atoms with van der Waals surface area (Å²) >= 11 is 0. The Bertz CT molecular complexity index is 919. The van der Waals surface area contributed by atoms with Gasteiger partial charge in [-0.25, -0.2) is 9.97 Å². The van der Waals surface area contributed by atoms with Crippen molar-refractivity contribution in [3.8, 4) is 5.88 Å². The molecule has 11 nitrogen and oxygen atoms in total. The number of hydrogen-bond acceptors (Lipinski definition) is 10. The Hall–Kier alpha value is -2.79. The summed E-state index contributed by atoms with van der Waals surface area (Å²) in [4.78, 5) is 36.8. The Balaban J connectivity index is 1.82. The van der Waals surface area contributed by atoms with Gasteiger partial charge >= 0.3 is 11.9 Å². The van der Waals surface area contributed by atoms with Crippen LogP contribution in [0, 0.1) is 0 Å². The fraction of sp³-hybridized carbons (Fsp3) is 0.667. The molecule has 11 heteroatoms. The number of aromatic nitrogens is 4. The van der Waals surface area contributed by atoms with E-state index in [9.17, 15) is 14.7 Å². The van der Waals surface area contributed by atoms with Gasteiger partial charge in [0.25, 0.3) is 0 Å². The van der Waals surface area contributed by atoms with Crippen molar-refractivity contribution >= 4 is 23.1 Å². The minimum absolute atomic E-state index is 0.159. The molecule has 1 fully saturated rings. The number of imidazole rings is 1. The van der Waals surface area contributed by atoms with Crippen LogP contribution in [0.2, 0.25) is 0 Å². The van der Waals surface area contributed by atoms with Gasteiger partial charge in [-0.05, 0) is 12.8 Å². The molecule has 3 rings (SSSR count). The number of esters is 2. The molecule has 0 spiro atoms. The number of rotatable bonds is 11. The molecule has 2 aromatic rings. The van der Waals surface area contributed by atoms with E-state index in [1.165, 1.54) is 19.8 Å². The van der Waals surface area contributed by atoms with Crippen LogP contribution in [0.15, 0.2) is 12.7 Å². The van der Waals surface area contributed by atoms with Crippen LogP contribution < -0.4 is 4.74 Å². The maximum Gasteiger partial charge on any atom is 0.306 e. The summed E-state index contributed by atoms with van der Waals surface area (Å²) < 4.78 is 23.6. The summed E-state index contributed by atoms with van der Waals surface area (Å²) in [5.74, 6) is -0.528. The first kappa shape index (κ1) is 23.9. The zero-order chi connectivity index (χ0) is 23.1. The highest BCUT2D eigenvalue weighted by Gasteiger charge is 2.48. The summed E-state index contributed by atoms with van der Waals surface area (Å²) in [7, 11) is 1.47. The molecule has 1 aliphatic rings. The second-order valence-electron chi connectivity index (χ2n) is 7.61. The van der Waals surface area contributed by atoms with Crippen molar-refractivity contribution < 1.29 is 33.6 Å². The quantitative estimate of drug-likeness (QED) is 0.506. The van der Waals surface area contributed by atoms with E-state index < -0.39 is 30.5 Å². The number of nitrogens with zero attached hydrogens (tertiary/aromatic N) is 4. The van der Waals surface area contributed by atoms with Crippen LogP contribution in [0.3, 0.4) is 0 Å². The van der Waals surface area contributed by atoms with Gasteiger partial charge in [0.2, 0.25) is 5.88 Å². The smallest absolute Gasteiger partial charge is 0.306 e. The lowest BCUT2D eigenvalue weighted by Gasteiger charge is -2.22. The largest absolute Gasteiger partial charge is 0.479 e. The molecule has 1 aliphatic heterocycles. The number of unbranched alkanes of at least 4 members (excludes halogenated alkanes) is 2. The highest BCUT2D eigenvalue weighted by Crippen LogP contribution is 2.35. The van der Waals surface area contributed by atoms with Gasteiger partial charge in [-0.1, -0.05) is 26.7 Å². The molecule has 0 aliphatic carbocycles. The van der Waals surface area contributed by atoms with Crippen LogP contribution in [-0.4, -0.2) is 68.6 Å². The second-order valence-corrected chi connectivity index (χ2v) is 7.61. The SMILES string of the molecule is CCCCC(=O)OCC1OC(n2cnc3c(OC)ncnc32)C(OC(=O)CCCC)C1O. The van der Waals surface area contributed by atoms with E-state index in [1.807, 2.05) is 13.8 Å². The number of methoxy groups -OCH3 is 1. The highest BCUT2D eigenvalue weighted by molar-refractivity contribution is 5.76. The monoisotopic (exact) mass is 450 g/mol. The fourth-order valence-corrected chi connectivity index (χ4v) is 3.47. The number of carbonyl (C=O) groups is 2. The number of aliphatic hydroxyl groups excluding tert-OH is 1. The van der Waals surface area contributed by atoms with Crippen molar-refractivity contribution in [3.63, 3.8) is 0 Å². The molecule has 3 heterocycles. The van der Waals surface area contributed by atoms with Crippen molar-refractivity contribution in [2.24, 2.45) is 0 Å². The normalized spacial score (nSPS) is 22.8. The predicted molar refractivity (Wildman–Crippen MR) is 112 cm³/mol. The average Bonchev–Trinajstić information content (AvgIpc) is 3.36. The molecule has 0 saturated carbocycles. The van der Waals surface area contributed by atoms with Crippen molar-refractivity contribution in [3.05, 3.63) is 12.7 Å². The van der Waals surface area contributed by atoms with Crippen LogP contribution in [0.4, 0.5) is 0 Å². The molecule has 4 unspecified atom stereocenters. The first-order valence-corrected chi connectivity index (χ1v) is 10.9. The number of carbonyl (C=O) groups excluding carboxylic acids is 2. The lowest BCUT2D eigenvalue weighted by molar-refractivity contribution is -0.158. The third-order valence-corrected chi connectivity index (χ3v) is 5.25. The molecule has 0 bridgehead atoms. The summed E-state index contributed by atoms with van der Waals surface area (Å²) in [6, 6.07) is 0. The number of hydrogen-bond donors (Lipinski definition) is 1. The Kier molecular flexibility index (Phi) is 8.34. The van der Waals surface area contributed by atoms with Crippen LogP contribution in [0.25, 0.3) is 11.2 Å². The van der Waals surface area contributed by atoms with Gasteiger partial charge in [-0.15, -0.1) is 0 Å². The van der Waals surface area contributed by atoms with Crippen molar-refractivity contribution in [2.45, 2.75) is 76.9 Å². The summed E-state index contributed by atoms with van der Waals surface area (Å²) in [6.07, 6.45) is 2.36. The molecule has 4 atom stereocenters. The fourth-order valence-electron chi connectivity index (χ4n) is 3.47. The van der Waals surface area contributed by atoms with Crippen LogP contribution in [0.1, 0.15) is 58.6 Å². The van der Waals surface area contributed by atoms with Gasteiger partial charge in [-0.3, -0.25) is 14.2 Å². The molecule has 176 valence electrons. The topological polar surface area (TPSA) is 135 Å². The van der Waals surface area contributed by atoms with E-state index in [0.717, 1.165) is 19.3 Å². The van der Waals surface area contributed by atoms with Gasteiger partial charge in [0, 0.05) is 12.8 Å². The third kappa shape index (κ3) is 5.33. The molecule has 0 radical (unpaired) electrons. The predicted octanol–water partition coefficient (Wildman–Crippen LogP) is 1.93. The molecule has 2 aromatic heterocycles. The highest BCUT2D eigenvalue weighted by atomic mass is 16.6. The Morgan fingerprint density at radius 1 is 1.12 bits per heavy atom. The van der Waals surface area contributed by atoms with Gasteiger partial charge in [0.1, 0.15) is 25.1 Å². The first-order valence-electron chi connectivity index (χ1n) is 10.9. The number of fused-ring (bicyclic) bond motifs is 1. The van der Waals surface area contributed by atoms with E-state index in [2.05, 4.69) is 15.0 Å². The van der Waals surface area contributed by atoms with Crippen LogP contribution in [0.5, 0.6) is 5.88 Å². The lowest BCUT2D eigenvalue weighted by atomic mass is 10.1. The van der Waals surface area contributed by atoms with Crippen LogP contribution in [-0.2, 0) is 23.8 Å². The van der Waals surface area contributed by atoms with E-state index in [4.69, 9.17) is 18.9 Å². The van der Waals surface area contributed by atoms with Gasteiger partial charge in [-0.2, -0.15) is 4.98 Å². The minimum Gasteiger partial charge on any atom is -0.479 e. The lowest BCUT2D eigenvalue weighted by Crippen LogP contribution is -2.37. The zero-order valence-corrected chi connectivity index (χ0v) is 18.6. The van der Waals surface area contributed by atoms with E-state index in [1.54, 1.807) is 4.57 Å². The minimum atomic E-state index is -1.20. The third-order valence-electron chi connectivity index (χ3n) is 5.25. The zero-order valence-electron chi connectivity index (χ0n) is 18.6. The van der Waals surface area contributed by atoms with E-state index in [0.29, 0.717) is 24.0 Å². The van der Waals surface area contributed by atoms with Crippen LogP contribution >= 0.6 is 0 Å². The van der Waals surface area contributed by atoms with Gasteiger partial charge < -0.3 is 24.1 Å². The summed E-state index contributed by atoms with van der Waals surface area (Å²) in [6.45, 7) is 3.79. The Morgan fingerprint density at radius 3 is 2.53 bits per heavy atom. The molecule has 0 amide bonds. The van der Waals surface area contributed by atoms with E-state index in [-0.39, 0.29) is 24.9 Å². The number of aliphatic hydroxyl groups is 1. The molecule has 32 heavy (non-hydrogen) atoms. The molecular weight excluding hydrogens is 420 g/mol. The second kappa shape index (κ2) is 11.2. The molecule has 1 saturated heterocycles.